The minimum Gasteiger partial charge on any atom is -0.511 e. The number of nitrogens with one attached hydrogen (secondary N) is 1. The Labute approximate surface area is 175 Å². The monoisotopic (exact) mass is 429 g/mol. The molecule has 0 saturated heterocycles. The Kier molecular flexibility index (Phi) is 5.10. The first-order chi connectivity index (χ1) is 13.5. The Morgan fingerprint density at radius 2 is 1.89 bits per heavy atom. The largest absolute Gasteiger partial charge is 0.511 e. The topological polar surface area (TPSA) is 69.6 Å². The van der Waals surface area contributed by atoms with Crippen LogP contribution in [0, 0.1) is 0 Å². The van der Waals surface area contributed by atoms with Crippen LogP contribution in [0.15, 0.2) is 80.9 Å². The van der Waals surface area contributed by atoms with Crippen molar-refractivity contribution in [2.75, 3.05) is 0 Å². The lowest BCUT2D eigenvalue weighted by Crippen LogP contribution is -2.50. The number of thioether (sulfide) groups is 1. The number of amides is 1. The number of halogens is 1. The van der Waals surface area contributed by atoms with Crippen molar-refractivity contribution in [2.24, 2.45) is 0 Å². The van der Waals surface area contributed by atoms with Crippen molar-refractivity contribution < 1.29 is 15.0 Å². The molecule has 28 heavy (non-hydrogen) atoms. The normalized spacial score (nSPS) is 19.5. The van der Waals surface area contributed by atoms with Crippen LogP contribution in [0.25, 0.3) is 0 Å². The summed E-state index contributed by atoms with van der Waals surface area (Å²) < 4.78 is 0. The number of phenolic OH excluding ortho intramolecular Hbond substituents is 1. The Hall–Kier alpha value is -2.41. The van der Waals surface area contributed by atoms with Crippen molar-refractivity contribution in [1.29, 1.82) is 0 Å². The maximum Gasteiger partial charge on any atom is 0.262 e. The van der Waals surface area contributed by atoms with Gasteiger partial charge in [-0.3, -0.25) is 4.79 Å². The van der Waals surface area contributed by atoms with E-state index in [0.717, 1.165) is 17.3 Å². The van der Waals surface area contributed by atoms with E-state index in [1.807, 2.05) is 35.0 Å². The average Bonchev–Trinajstić information content (AvgIpc) is 3.21. The molecule has 0 fully saturated rings. The first-order valence-electron chi connectivity index (χ1n) is 8.49. The third-order valence-electron chi connectivity index (χ3n) is 4.63. The molecule has 7 heteroatoms. The highest BCUT2D eigenvalue weighted by molar-refractivity contribution is 8.04. The van der Waals surface area contributed by atoms with Crippen molar-refractivity contribution >= 4 is 40.6 Å². The number of phenols is 1. The number of aromatic hydroxyl groups is 1. The molecule has 4 rings (SSSR count). The van der Waals surface area contributed by atoms with Crippen LogP contribution in [0.4, 0.5) is 0 Å². The molecule has 1 aliphatic rings. The molecule has 1 aliphatic heterocycles. The average molecular weight is 430 g/mol. The summed E-state index contributed by atoms with van der Waals surface area (Å²) in [5.74, 6) is -0.299. The fraction of sp³-hybridized carbons (Fsp3) is 0.0952. The molecular weight excluding hydrogens is 414 g/mol. The summed E-state index contributed by atoms with van der Waals surface area (Å²) in [6.07, 6.45) is 0.172. The van der Waals surface area contributed by atoms with E-state index < -0.39 is 5.54 Å². The fourth-order valence-corrected chi connectivity index (χ4v) is 5.14. The van der Waals surface area contributed by atoms with Crippen LogP contribution in [0.2, 0.25) is 5.02 Å². The number of hydrogen-bond donors (Lipinski definition) is 3. The van der Waals surface area contributed by atoms with E-state index in [-0.39, 0.29) is 28.7 Å². The maximum absolute atomic E-state index is 13.0. The van der Waals surface area contributed by atoms with Crippen LogP contribution < -0.4 is 5.32 Å². The Morgan fingerprint density at radius 1 is 1.07 bits per heavy atom. The molecule has 0 radical (unpaired) electrons. The van der Waals surface area contributed by atoms with Gasteiger partial charge in [0, 0.05) is 11.3 Å². The number of rotatable bonds is 4. The zero-order chi connectivity index (χ0) is 19.7. The van der Waals surface area contributed by atoms with E-state index in [9.17, 15) is 15.0 Å². The van der Waals surface area contributed by atoms with Crippen molar-refractivity contribution in [2.45, 2.75) is 16.9 Å². The minimum atomic E-state index is -0.954. The lowest BCUT2D eigenvalue weighted by atomic mass is 9.79. The van der Waals surface area contributed by atoms with E-state index in [1.165, 1.54) is 11.3 Å². The Morgan fingerprint density at radius 3 is 2.57 bits per heavy atom. The quantitative estimate of drug-likeness (QED) is 0.517. The van der Waals surface area contributed by atoms with E-state index >= 15 is 0 Å². The zero-order valence-electron chi connectivity index (χ0n) is 14.6. The lowest BCUT2D eigenvalue weighted by Gasteiger charge is -2.38. The SMILES string of the molecule is O=C1N[C@@](c2ccsc2)(c2cccc(O)c2)CC(O)=C1Sc1ccccc1Cl. The van der Waals surface area contributed by atoms with Gasteiger partial charge in [-0.15, -0.1) is 0 Å². The summed E-state index contributed by atoms with van der Waals surface area (Å²) in [5.41, 5.74) is 0.599. The molecule has 0 spiro atoms. The third kappa shape index (κ3) is 3.39. The molecule has 3 aromatic rings. The molecule has 3 N–H and O–H groups in total. The smallest absolute Gasteiger partial charge is 0.262 e. The van der Waals surface area contributed by atoms with Crippen molar-refractivity contribution in [3.63, 3.8) is 0 Å². The van der Waals surface area contributed by atoms with Crippen LogP contribution >= 0.6 is 34.7 Å². The number of carbonyl (C=O) groups is 1. The summed E-state index contributed by atoms with van der Waals surface area (Å²) in [5, 5.41) is 28.3. The van der Waals surface area contributed by atoms with Gasteiger partial charge in [0.05, 0.1) is 10.6 Å². The van der Waals surface area contributed by atoms with Gasteiger partial charge in [0.2, 0.25) is 0 Å². The van der Waals surface area contributed by atoms with Gasteiger partial charge in [0.15, 0.2) is 0 Å². The van der Waals surface area contributed by atoms with Gasteiger partial charge >= 0.3 is 0 Å². The van der Waals surface area contributed by atoms with Crippen molar-refractivity contribution in [3.8, 4) is 5.75 Å². The molecule has 0 aliphatic carbocycles. The maximum atomic E-state index is 13.0. The molecule has 4 nitrogen and oxygen atoms in total. The van der Waals surface area contributed by atoms with Gasteiger partial charge in [0.25, 0.3) is 5.91 Å². The molecule has 0 bridgehead atoms. The summed E-state index contributed by atoms with van der Waals surface area (Å²) >= 11 is 8.85. The van der Waals surface area contributed by atoms with Crippen LogP contribution in [0.5, 0.6) is 5.75 Å². The standard InChI is InChI=1S/C21H16ClNO3S2/c22-16-6-1-2-7-18(16)28-19-17(25)11-21(23-20(19)26,14-8-9-27-12-14)13-4-3-5-15(24)10-13/h1-10,12,24-25H,11H2,(H,23,26)/t21-/m1/s1. The zero-order valence-corrected chi connectivity index (χ0v) is 16.9. The summed E-state index contributed by atoms with van der Waals surface area (Å²) in [6.45, 7) is 0. The molecule has 1 aromatic heterocycles. The molecule has 0 unspecified atom stereocenters. The summed E-state index contributed by atoms with van der Waals surface area (Å²) in [6, 6.07) is 15.8. The Balaban J connectivity index is 1.79. The summed E-state index contributed by atoms with van der Waals surface area (Å²) in [7, 11) is 0. The molecule has 2 aromatic carbocycles. The lowest BCUT2D eigenvalue weighted by molar-refractivity contribution is -0.119. The van der Waals surface area contributed by atoms with Gasteiger partial charge in [-0.25, -0.2) is 0 Å². The predicted octanol–water partition coefficient (Wildman–Crippen LogP) is 5.43. The molecule has 142 valence electrons. The van der Waals surface area contributed by atoms with Gasteiger partial charge < -0.3 is 15.5 Å². The van der Waals surface area contributed by atoms with Gasteiger partial charge in [-0.1, -0.05) is 47.6 Å². The molecular formula is C21H16ClNO3S2. The Bertz CT molecular complexity index is 1070. The number of benzene rings is 2. The predicted molar refractivity (Wildman–Crippen MR) is 113 cm³/mol. The second-order valence-electron chi connectivity index (χ2n) is 6.41. The van der Waals surface area contributed by atoms with Gasteiger partial charge in [0.1, 0.15) is 16.4 Å². The van der Waals surface area contributed by atoms with E-state index in [2.05, 4.69) is 5.32 Å². The van der Waals surface area contributed by atoms with Crippen molar-refractivity contribution in [1.82, 2.24) is 5.32 Å². The fourth-order valence-electron chi connectivity index (χ4n) is 3.29. The third-order valence-corrected chi connectivity index (χ3v) is 6.96. The molecule has 2 heterocycles. The first-order valence-corrected chi connectivity index (χ1v) is 10.6. The molecule has 0 saturated carbocycles. The van der Waals surface area contributed by atoms with Crippen LogP contribution in [-0.4, -0.2) is 16.1 Å². The van der Waals surface area contributed by atoms with Gasteiger partial charge in [-0.05, 0) is 52.2 Å². The van der Waals surface area contributed by atoms with Gasteiger partial charge in [-0.2, -0.15) is 11.3 Å². The summed E-state index contributed by atoms with van der Waals surface area (Å²) in [4.78, 5) is 14.0. The molecule has 1 amide bonds. The van der Waals surface area contributed by atoms with Crippen LogP contribution in [0.3, 0.4) is 0 Å². The number of aliphatic hydroxyl groups is 1. The van der Waals surface area contributed by atoms with Crippen molar-refractivity contribution in [3.05, 3.63) is 92.2 Å². The second-order valence-corrected chi connectivity index (χ2v) is 8.65. The van der Waals surface area contributed by atoms with E-state index in [4.69, 9.17) is 11.6 Å². The van der Waals surface area contributed by atoms with E-state index in [1.54, 1.807) is 30.3 Å². The number of hydrogen-bond acceptors (Lipinski definition) is 5. The first kappa shape index (κ1) is 18.9. The number of carbonyl (C=O) groups excluding carboxylic acids is 1. The number of thiophene rings is 1. The number of aliphatic hydroxyl groups excluding tert-OH is 1. The minimum absolute atomic E-state index is 0.0109. The highest BCUT2D eigenvalue weighted by Gasteiger charge is 2.43. The van der Waals surface area contributed by atoms with Crippen LogP contribution in [0.1, 0.15) is 17.5 Å². The van der Waals surface area contributed by atoms with E-state index in [0.29, 0.717) is 15.5 Å². The molecule has 1 atom stereocenters. The highest BCUT2D eigenvalue weighted by Crippen LogP contribution is 2.44. The van der Waals surface area contributed by atoms with Crippen LogP contribution in [-0.2, 0) is 10.3 Å². The highest BCUT2D eigenvalue weighted by atomic mass is 35.5. The second kappa shape index (κ2) is 7.54.